The van der Waals surface area contributed by atoms with Gasteiger partial charge in [-0.3, -0.25) is 9.48 Å². The van der Waals surface area contributed by atoms with E-state index in [-0.39, 0.29) is 11.9 Å². The Balaban J connectivity index is 2.25. The van der Waals surface area contributed by atoms with Crippen LogP contribution in [-0.2, 0) is 13.0 Å². The van der Waals surface area contributed by atoms with E-state index in [0.29, 0.717) is 6.04 Å². The van der Waals surface area contributed by atoms with E-state index in [1.54, 1.807) is 0 Å². The lowest BCUT2D eigenvalue weighted by molar-refractivity contribution is 0.0603. The standard InChI is InChI=1S/C14H24N4O/c1-5-12-7-13(18(6-2)16-12)14(19)17-9-10(3)15-8-11(17)4/h7,10-11,15H,5-6,8-9H2,1-4H3. The highest BCUT2D eigenvalue weighted by Gasteiger charge is 2.29. The molecule has 2 rings (SSSR count). The number of rotatable bonds is 3. The van der Waals surface area contributed by atoms with Crippen LogP contribution in [0.1, 0.15) is 43.9 Å². The minimum absolute atomic E-state index is 0.106. The second kappa shape index (κ2) is 5.74. The van der Waals surface area contributed by atoms with E-state index in [1.165, 1.54) is 0 Å². The van der Waals surface area contributed by atoms with E-state index >= 15 is 0 Å². The molecule has 0 aliphatic carbocycles. The highest BCUT2D eigenvalue weighted by atomic mass is 16.2. The van der Waals surface area contributed by atoms with Gasteiger partial charge in [-0.25, -0.2) is 0 Å². The smallest absolute Gasteiger partial charge is 0.272 e. The summed E-state index contributed by atoms with van der Waals surface area (Å²) in [5, 5.41) is 7.86. The average Bonchev–Trinajstić information content (AvgIpc) is 2.84. The molecule has 0 aromatic carbocycles. The number of carbonyl (C=O) groups excluding carboxylic acids is 1. The lowest BCUT2D eigenvalue weighted by atomic mass is 10.1. The van der Waals surface area contributed by atoms with Gasteiger partial charge in [-0.1, -0.05) is 6.92 Å². The Hall–Kier alpha value is -1.36. The van der Waals surface area contributed by atoms with Crippen LogP contribution in [-0.4, -0.2) is 45.8 Å². The molecule has 19 heavy (non-hydrogen) atoms. The maximum Gasteiger partial charge on any atom is 0.272 e. The molecule has 1 aliphatic heterocycles. The molecule has 5 nitrogen and oxygen atoms in total. The first-order chi connectivity index (χ1) is 9.06. The van der Waals surface area contributed by atoms with E-state index in [4.69, 9.17) is 0 Å². The normalized spacial score (nSPS) is 23.7. The second-order valence-corrected chi connectivity index (χ2v) is 5.31. The van der Waals surface area contributed by atoms with Gasteiger partial charge >= 0.3 is 0 Å². The van der Waals surface area contributed by atoms with Gasteiger partial charge in [-0.15, -0.1) is 0 Å². The van der Waals surface area contributed by atoms with E-state index in [9.17, 15) is 4.79 Å². The van der Waals surface area contributed by atoms with Gasteiger partial charge in [-0.05, 0) is 33.3 Å². The Morgan fingerprint density at radius 2 is 2.21 bits per heavy atom. The molecule has 1 fully saturated rings. The van der Waals surface area contributed by atoms with Gasteiger partial charge in [0.2, 0.25) is 0 Å². The number of carbonyl (C=O) groups is 1. The predicted molar refractivity (Wildman–Crippen MR) is 75.2 cm³/mol. The summed E-state index contributed by atoms with van der Waals surface area (Å²) in [6.07, 6.45) is 0.862. The molecule has 1 amide bonds. The van der Waals surface area contributed by atoms with Crippen LogP contribution in [0.3, 0.4) is 0 Å². The molecule has 0 bridgehead atoms. The van der Waals surface area contributed by atoms with Crippen molar-refractivity contribution in [2.24, 2.45) is 0 Å². The molecule has 2 heterocycles. The fourth-order valence-corrected chi connectivity index (χ4v) is 2.51. The van der Waals surface area contributed by atoms with Crippen molar-refractivity contribution in [2.45, 2.75) is 52.7 Å². The molecule has 1 aliphatic rings. The topological polar surface area (TPSA) is 50.2 Å². The molecule has 1 aromatic rings. The summed E-state index contributed by atoms with van der Waals surface area (Å²) in [6, 6.07) is 2.52. The third kappa shape index (κ3) is 2.81. The van der Waals surface area contributed by atoms with Crippen molar-refractivity contribution in [3.05, 3.63) is 17.5 Å². The molecule has 1 N–H and O–H groups in total. The van der Waals surface area contributed by atoms with Crippen LogP contribution in [0, 0.1) is 0 Å². The van der Waals surface area contributed by atoms with Crippen molar-refractivity contribution >= 4 is 5.91 Å². The van der Waals surface area contributed by atoms with Gasteiger partial charge in [0.1, 0.15) is 5.69 Å². The Kier molecular flexibility index (Phi) is 4.24. The van der Waals surface area contributed by atoms with Crippen LogP contribution < -0.4 is 5.32 Å². The molecule has 0 saturated carbocycles. The van der Waals surface area contributed by atoms with Gasteiger partial charge in [-0.2, -0.15) is 5.10 Å². The fourth-order valence-electron chi connectivity index (χ4n) is 2.51. The Morgan fingerprint density at radius 1 is 1.47 bits per heavy atom. The summed E-state index contributed by atoms with van der Waals surface area (Å²) in [5.41, 5.74) is 1.71. The first-order valence-electron chi connectivity index (χ1n) is 7.17. The number of hydrogen-bond donors (Lipinski definition) is 1. The maximum atomic E-state index is 12.7. The Labute approximate surface area is 115 Å². The fraction of sp³-hybridized carbons (Fsp3) is 0.714. The average molecular weight is 264 g/mol. The lowest BCUT2D eigenvalue weighted by Crippen LogP contribution is -2.56. The van der Waals surface area contributed by atoms with E-state index in [2.05, 4.69) is 31.2 Å². The van der Waals surface area contributed by atoms with Crippen molar-refractivity contribution in [3.63, 3.8) is 0 Å². The van der Waals surface area contributed by atoms with Crippen LogP contribution in [0.4, 0.5) is 0 Å². The van der Waals surface area contributed by atoms with Gasteiger partial charge in [0.05, 0.1) is 5.69 Å². The summed E-state index contributed by atoms with van der Waals surface area (Å²) >= 11 is 0. The van der Waals surface area contributed by atoms with E-state index in [1.807, 2.05) is 22.6 Å². The summed E-state index contributed by atoms with van der Waals surface area (Å²) in [6.45, 7) is 10.6. The Morgan fingerprint density at radius 3 is 2.84 bits per heavy atom. The van der Waals surface area contributed by atoms with Crippen molar-refractivity contribution in [2.75, 3.05) is 13.1 Å². The van der Waals surface area contributed by atoms with Crippen LogP contribution >= 0.6 is 0 Å². The van der Waals surface area contributed by atoms with Gasteiger partial charge in [0.15, 0.2) is 0 Å². The third-order valence-electron chi connectivity index (χ3n) is 3.74. The molecule has 106 valence electrons. The second-order valence-electron chi connectivity index (χ2n) is 5.31. The zero-order valence-corrected chi connectivity index (χ0v) is 12.3. The van der Waals surface area contributed by atoms with Crippen LogP contribution in [0.5, 0.6) is 0 Å². The van der Waals surface area contributed by atoms with Crippen LogP contribution in [0.25, 0.3) is 0 Å². The first-order valence-corrected chi connectivity index (χ1v) is 7.17. The number of aromatic nitrogens is 2. The van der Waals surface area contributed by atoms with Gasteiger partial charge < -0.3 is 10.2 Å². The van der Waals surface area contributed by atoms with E-state index in [0.717, 1.165) is 37.4 Å². The largest absolute Gasteiger partial charge is 0.332 e. The zero-order valence-electron chi connectivity index (χ0n) is 12.3. The number of nitrogens with one attached hydrogen (secondary N) is 1. The molecule has 1 saturated heterocycles. The van der Waals surface area contributed by atoms with Gasteiger partial charge in [0.25, 0.3) is 5.91 Å². The molecule has 1 aromatic heterocycles. The third-order valence-corrected chi connectivity index (χ3v) is 3.74. The first kappa shape index (κ1) is 14.1. The number of hydrogen-bond acceptors (Lipinski definition) is 3. The molecule has 2 atom stereocenters. The maximum absolute atomic E-state index is 12.7. The van der Waals surface area contributed by atoms with Crippen LogP contribution in [0.15, 0.2) is 6.07 Å². The monoisotopic (exact) mass is 264 g/mol. The summed E-state index contributed by atoms with van der Waals surface area (Å²) in [7, 11) is 0. The number of piperazine rings is 1. The minimum atomic E-state index is 0.106. The summed E-state index contributed by atoms with van der Waals surface area (Å²) < 4.78 is 1.82. The minimum Gasteiger partial charge on any atom is -0.332 e. The van der Waals surface area contributed by atoms with Gasteiger partial charge in [0, 0.05) is 31.7 Å². The molecular formula is C14H24N4O. The van der Waals surface area contributed by atoms with E-state index < -0.39 is 0 Å². The molecule has 5 heteroatoms. The molecule has 0 radical (unpaired) electrons. The lowest BCUT2D eigenvalue weighted by Gasteiger charge is -2.37. The zero-order chi connectivity index (χ0) is 14.0. The quantitative estimate of drug-likeness (QED) is 0.895. The SMILES string of the molecule is CCc1cc(C(=O)N2CC(C)NCC2C)n(CC)n1. The molecular weight excluding hydrogens is 240 g/mol. The highest BCUT2D eigenvalue weighted by Crippen LogP contribution is 2.14. The number of amides is 1. The van der Waals surface area contributed by atoms with Crippen molar-refractivity contribution in [1.29, 1.82) is 0 Å². The van der Waals surface area contributed by atoms with Crippen molar-refractivity contribution in [1.82, 2.24) is 20.0 Å². The highest BCUT2D eigenvalue weighted by molar-refractivity contribution is 5.93. The van der Waals surface area contributed by atoms with Crippen LogP contribution in [0.2, 0.25) is 0 Å². The predicted octanol–water partition coefficient (Wildman–Crippen LogP) is 1.29. The Bertz CT molecular complexity index is 454. The summed E-state index contributed by atoms with van der Waals surface area (Å²) in [5.74, 6) is 0.106. The van der Waals surface area contributed by atoms with Crippen molar-refractivity contribution in [3.8, 4) is 0 Å². The van der Waals surface area contributed by atoms with Crippen molar-refractivity contribution < 1.29 is 4.79 Å². The number of aryl methyl sites for hydroxylation is 2. The number of nitrogens with zero attached hydrogens (tertiary/aromatic N) is 3. The summed E-state index contributed by atoms with van der Waals surface area (Å²) in [4.78, 5) is 14.7. The molecule has 0 spiro atoms. The molecule has 2 unspecified atom stereocenters.